The van der Waals surface area contributed by atoms with Crippen molar-refractivity contribution < 1.29 is 19.4 Å². The van der Waals surface area contributed by atoms with Gasteiger partial charge in [-0.2, -0.15) is 0 Å². The minimum absolute atomic E-state index is 0.179. The maximum atomic E-state index is 11.2. The number of benzene rings is 1. The number of carboxylic acid groups (broad SMARTS) is 1. The minimum atomic E-state index is -1.00. The van der Waals surface area contributed by atoms with Crippen LogP contribution in [0.1, 0.15) is 9.67 Å². The average molecular weight is 279 g/mol. The second-order valence-electron chi connectivity index (χ2n) is 3.67. The van der Waals surface area contributed by atoms with Crippen molar-refractivity contribution in [2.75, 3.05) is 20.3 Å². The molecule has 0 aliphatic carbocycles. The summed E-state index contributed by atoms with van der Waals surface area (Å²) in [5.41, 5.74) is 1.20. The third-order valence-electron chi connectivity index (χ3n) is 2.36. The molecule has 100 valence electrons. The number of aromatic carboxylic acids is 1. The van der Waals surface area contributed by atoms with Crippen LogP contribution in [-0.2, 0) is 4.74 Å². The van der Waals surface area contributed by atoms with E-state index in [1.165, 1.54) is 0 Å². The largest absolute Gasteiger partial charge is 0.477 e. The number of carbonyl (C=O) groups is 1. The van der Waals surface area contributed by atoms with Crippen molar-refractivity contribution in [3.8, 4) is 16.5 Å². The van der Waals surface area contributed by atoms with Crippen molar-refractivity contribution >= 4 is 17.3 Å². The predicted molar refractivity (Wildman–Crippen MR) is 71.9 cm³/mol. The summed E-state index contributed by atoms with van der Waals surface area (Å²) >= 11 is 1.02. The molecule has 0 saturated heterocycles. The highest BCUT2D eigenvalue weighted by molar-refractivity contribution is 7.15. The van der Waals surface area contributed by atoms with Gasteiger partial charge in [-0.3, -0.25) is 0 Å². The van der Waals surface area contributed by atoms with Crippen LogP contribution in [0.4, 0.5) is 0 Å². The lowest BCUT2D eigenvalue weighted by atomic mass is 10.1. The first kappa shape index (κ1) is 13.5. The first-order valence-electron chi connectivity index (χ1n) is 5.63. The molecule has 1 N–H and O–H groups in total. The van der Waals surface area contributed by atoms with Crippen LogP contribution in [0.5, 0.6) is 5.19 Å². The summed E-state index contributed by atoms with van der Waals surface area (Å²) in [6.45, 7) is 0.778. The molecule has 0 unspecified atom stereocenters. The summed E-state index contributed by atoms with van der Waals surface area (Å²) in [7, 11) is 1.57. The van der Waals surface area contributed by atoms with E-state index in [-0.39, 0.29) is 4.88 Å². The smallest absolute Gasteiger partial charge is 0.348 e. The van der Waals surface area contributed by atoms with E-state index >= 15 is 0 Å². The highest BCUT2D eigenvalue weighted by atomic mass is 32.1. The van der Waals surface area contributed by atoms with E-state index in [9.17, 15) is 9.90 Å². The number of ether oxygens (including phenoxy) is 2. The molecule has 0 amide bonds. The standard InChI is InChI=1S/C13H13NO4S/c1-17-7-8-18-13-14-10(11(19-13)12(15)16)9-5-3-2-4-6-9/h2-6H,7-8H2,1H3,(H,15,16). The van der Waals surface area contributed by atoms with Gasteiger partial charge in [-0.25, -0.2) is 9.78 Å². The van der Waals surface area contributed by atoms with Crippen LogP contribution in [0, 0.1) is 0 Å². The van der Waals surface area contributed by atoms with Gasteiger partial charge in [0.1, 0.15) is 11.5 Å². The third kappa shape index (κ3) is 3.30. The van der Waals surface area contributed by atoms with Crippen LogP contribution in [0.25, 0.3) is 11.3 Å². The Morgan fingerprint density at radius 3 is 2.68 bits per heavy atom. The van der Waals surface area contributed by atoms with Crippen molar-refractivity contribution in [1.82, 2.24) is 4.98 Å². The molecule has 0 radical (unpaired) electrons. The minimum Gasteiger partial charge on any atom is -0.477 e. The fraction of sp³-hybridized carbons (Fsp3) is 0.231. The number of carboxylic acids is 1. The molecule has 6 heteroatoms. The zero-order valence-electron chi connectivity index (χ0n) is 10.3. The normalized spacial score (nSPS) is 10.4. The zero-order valence-corrected chi connectivity index (χ0v) is 11.1. The molecular formula is C13H13NO4S. The Morgan fingerprint density at radius 2 is 2.05 bits per heavy atom. The molecule has 0 saturated carbocycles. The number of nitrogens with zero attached hydrogens (tertiary/aromatic N) is 1. The molecule has 0 atom stereocenters. The van der Waals surface area contributed by atoms with E-state index in [2.05, 4.69) is 4.98 Å². The molecule has 0 spiro atoms. The van der Waals surface area contributed by atoms with Gasteiger partial charge in [-0.15, -0.1) is 0 Å². The van der Waals surface area contributed by atoms with Crippen molar-refractivity contribution in [3.05, 3.63) is 35.2 Å². The Bertz CT molecular complexity index is 553. The number of aromatic nitrogens is 1. The third-order valence-corrected chi connectivity index (χ3v) is 3.32. The molecule has 2 rings (SSSR count). The molecule has 1 aromatic heterocycles. The van der Waals surface area contributed by atoms with Crippen LogP contribution in [-0.4, -0.2) is 36.4 Å². The first-order chi connectivity index (χ1) is 9.22. The number of thiazole rings is 1. The van der Waals surface area contributed by atoms with Crippen LogP contribution in [0.3, 0.4) is 0 Å². The summed E-state index contributed by atoms with van der Waals surface area (Å²) in [5.74, 6) is -1.00. The fourth-order valence-electron chi connectivity index (χ4n) is 1.51. The zero-order chi connectivity index (χ0) is 13.7. The van der Waals surface area contributed by atoms with Crippen LogP contribution in [0.15, 0.2) is 30.3 Å². The SMILES string of the molecule is COCCOc1nc(-c2ccccc2)c(C(=O)O)s1. The van der Waals surface area contributed by atoms with E-state index < -0.39 is 5.97 Å². The van der Waals surface area contributed by atoms with Gasteiger partial charge in [-0.05, 0) is 0 Å². The van der Waals surface area contributed by atoms with Crippen molar-refractivity contribution in [2.45, 2.75) is 0 Å². The predicted octanol–water partition coefficient (Wildman–Crippen LogP) is 2.53. The van der Waals surface area contributed by atoms with E-state index in [0.717, 1.165) is 16.9 Å². The van der Waals surface area contributed by atoms with E-state index in [0.29, 0.717) is 24.1 Å². The molecule has 0 bridgehead atoms. The van der Waals surface area contributed by atoms with Gasteiger partial charge < -0.3 is 14.6 Å². The maximum absolute atomic E-state index is 11.2. The highest BCUT2D eigenvalue weighted by Crippen LogP contribution is 2.32. The summed E-state index contributed by atoms with van der Waals surface area (Å²) in [5, 5.41) is 9.54. The fourth-order valence-corrected chi connectivity index (χ4v) is 2.31. The van der Waals surface area contributed by atoms with E-state index in [1.807, 2.05) is 30.3 Å². The monoisotopic (exact) mass is 279 g/mol. The number of rotatable bonds is 6. The topological polar surface area (TPSA) is 68.7 Å². The van der Waals surface area contributed by atoms with Gasteiger partial charge in [-0.1, -0.05) is 41.7 Å². The lowest BCUT2D eigenvalue weighted by Crippen LogP contribution is -2.03. The Morgan fingerprint density at radius 1 is 1.32 bits per heavy atom. The summed E-state index contributed by atoms with van der Waals surface area (Å²) < 4.78 is 10.2. The molecule has 19 heavy (non-hydrogen) atoms. The van der Waals surface area contributed by atoms with Gasteiger partial charge >= 0.3 is 5.97 Å². The van der Waals surface area contributed by atoms with E-state index in [4.69, 9.17) is 9.47 Å². The van der Waals surface area contributed by atoms with Crippen LogP contribution >= 0.6 is 11.3 Å². The van der Waals surface area contributed by atoms with Gasteiger partial charge in [0.05, 0.1) is 12.3 Å². The van der Waals surface area contributed by atoms with Crippen LogP contribution < -0.4 is 4.74 Å². The summed E-state index contributed by atoms with van der Waals surface area (Å²) in [6, 6.07) is 9.19. The lowest BCUT2D eigenvalue weighted by Gasteiger charge is -1.99. The quantitative estimate of drug-likeness (QED) is 0.823. The summed E-state index contributed by atoms with van der Waals surface area (Å²) in [6.07, 6.45) is 0. The second-order valence-corrected chi connectivity index (χ2v) is 4.63. The Labute approximate surface area is 114 Å². The van der Waals surface area contributed by atoms with Gasteiger partial charge in [0, 0.05) is 12.7 Å². The molecule has 0 aliphatic heterocycles. The summed E-state index contributed by atoms with van der Waals surface area (Å²) in [4.78, 5) is 15.6. The first-order valence-corrected chi connectivity index (χ1v) is 6.45. The van der Waals surface area contributed by atoms with Gasteiger partial charge in [0.25, 0.3) is 5.19 Å². The molecular weight excluding hydrogens is 266 g/mol. The van der Waals surface area contributed by atoms with Crippen molar-refractivity contribution in [2.24, 2.45) is 0 Å². The van der Waals surface area contributed by atoms with Gasteiger partial charge in [0.15, 0.2) is 0 Å². The highest BCUT2D eigenvalue weighted by Gasteiger charge is 2.19. The number of hydrogen-bond acceptors (Lipinski definition) is 5. The Hall–Kier alpha value is -1.92. The average Bonchev–Trinajstić information content (AvgIpc) is 2.84. The lowest BCUT2D eigenvalue weighted by molar-refractivity contribution is 0.0702. The maximum Gasteiger partial charge on any atom is 0.348 e. The number of hydrogen-bond donors (Lipinski definition) is 1. The molecule has 1 heterocycles. The second kappa shape index (κ2) is 6.31. The number of methoxy groups -OCH3 is 1. The van der Waals surface area contributed by atoms with Gasteiger partial charge in [0.2, 0.25) is 0 Å². The van der Waals surface area contributed by atoms with Crippen molar-refractivity contribution in [3.63, 3.8) is 0 Å². The molecule has 1 aromatic carbocycles. The molecule has 5 nitrogen and oxygen atoms in total. The molecule has 0 aliphatic rings. The molecule has 2 aromatic rings. The molecule has 0 fully saturated rings. The van der Waals surface area contributed by atoms with E-state index in [1.54, 1.807) is 7.11 Å². The Balaban J connectivity index is 2.29. The van der Waals surface area contributed by atoms with Crippen LogP contribution in [0.2, 0.25) is 0 Å². The Kier molecular flexibility index (Phi) is 4.48. The van der Waals surface area contributed by atoms with Crippen molar-refractivity contribution in [1.29, 1.82) is 0 Å².